The summed E-state index contributed by atoms with van der Waals surface area (Å²) in [5.41, 5.74) is 5.29. The highest BCUT2D eigenvalue weighted by Gasteiger charge is 2.19. The second-order valence-electron chi connectivity index (χ2n) is 6.55. The molecule has 1 heterocycles. The van der Waals surface area contributed by atoms with E-state index in [1.807, 2.05) is 9.80 Å². The van der Waals surface area contributed by atoms with Crippen LogP contribution in [-0.2, 0) is 19.2 Å². The number of carboxylic acids is 2. The van der Waals surface area contributed by atoms with E-state index in [1.165, 1.54) is 0 Å². The van der Waals surface area contributed by atoms with Crippen molar-refractivity contribution in [1.29, 1.82) is 0 Å². The standard InChI is InChI=1S/C16H29N5O6/c17-14(23)11-19-3-1-18(9-10-22)2-4-20(12-15(24)25)7-8-21(6-5-19)13-16(26)27/h10H,1-9,11-13H2,(H2,17,23)(H,24,25)(H,26,27). The van der Waals surface area contributed by atoms with Crippen molar-refractivity contribution in [2.24, 2.45) is 5.73 Å². The third-order valence-corrected chi connectivity index (χ3v) is 4.36. The van der Waals surface area contributed by atoms with Crippen LogP contribution in [0.3, 0.4) is 0 Å². The molecule has 0 spiro atoms. The van der Waals surface area contributed by atoms with Crippen molar-refractivity contribution in [3.63, 3.8) is 0 Å². The highest BCUT2D eigenvalue weighted by atomic mass is 16.4. The number of carboxylic acid groups (broad SMARTS) is 2. The van der Waals surface area contributed by atoms with E-state index in [4.69, 9.17) is 15.9 Å². The monoisotopic (exact) mass is 387 g/mol. The van der Waals surface area contributed by atoms with Crippen molar-refractivity contribution in [3.05, 3.63) is 0 Å². The van der Waals surface area contributed by atoms with Crippen LogP contribution >= 0.6 is 0 Å². The normalized spacial score (nSPS) is 19.7. The Morgan fingerprint density at radius 2 is 1.04 bits per heavy atom. The molecule has 1 saturated heterocycles. The fourth-order valence-corrected chi connectivity index (χ4v) is 2.94. The van der Waals surface area contributed by atoms with E-state index in [9.17, 15) is 19.2 Å². The summed E-state index contributed by atoms with van der Waals surface area (Å²) in [5, 5.41) is 18.2. The third kappa shape index (κ3) is 10.6. The Labute approximate surface area is 158 Å². The van der Waals surface area contributed by atoms with Gasteiger partial charge in [0.15, 0.2) is 0 Å². The number of primary amides is 1. The SMILES string of the molecule is NC(=O)CN1CCN(CC=O)CCN(CC(=O)O)CCN(CC(=O)O)CC1. The van der Waals surface area contributed by atoms with Crippen LogP contribution in [-0.4, -0.2) is 132 Å². The topological polar surface area (TPSA) is 148 Å². The van der Waals surface area contributed by atoms with Gasteiger partial charge < -0.3 is 20.7 Å². The average Bonchev–Trinajstić information content (AvgIpc) is 2.56. The van der Waals surface area contributed by atoms with E-state index < -0.39 is 17.8 Å². The smallest absolute Gasteiger partial charge is 0.317 e. The maximum absolute atomic E-state index is 11.3. The Bertz CT molecular complexity index is 486. The minimum Gasteiger partial charge on any atom is -0.480 e. The average molecular weight is 387 g/mol. The fourth-order valence-electron chi connectivity index (χ4n) is 2.94. The van der Waals surface area contributed by atoms with Gasteiger partial charge in [0.05, 0.1) is 26.2 Å². The van der Waals surface area contributed by atoms with Crippen molar-refractivity contribution in [1.82, 2.24) is 19.6 Å². The molecule has 4 N–H and O–H groups in total. The van der Waals surface area contributed by atoms with Crippen LogP contribution in [0.1, 0.15) is 0 Å². The van der Waals surface area contributed by atoms with Crippen LogP contribution in [0.5, 0.6) is 0 Å². The lowest BCUT2D eigenvalue weighted by molar-refractivity contribution is -0.140. The maximum Gasteiger partial charge on any atom is 0.317 e. The molecule has 1 rings (SSSR count). The first-order valence-corrected chi connectivity index (χ1v) is 8.85. The molecule has 1 amide bonds. The molecule has 0 bridgehead atoms. The van der Waals surface area contributed by atoms with E-state index in [0.29, 0.717) is 52.4 Å². The van der Waals surface area contributed by atoms with Gasteiger partial charge in [-0.05, 0) is 0 Å². The van der Waals surface area contributed by atoms with Gasteiger partial charge in [-0.3, -0.25) is 34.0 Å². The molecule has 1 fully saturated rings. The van der Waals surface area contributed by atoms with Crippen LogP contribution < -0.4 is 5.73 Å². The van der Waals surface area contributed by atoms with Gasteiger partial charge in [0, 0.05) is 52.4 Å². The zero-order valence-corrected chi connectivity index (χ0v) is 15.5. The summed E-state index contributed by atoms with van der Waals surface area (Å²) in [5.74, 6) is -2.40. The predicted molar refractivity (Wildman–Crippen MR) is 96.3 cm³/mol. The van der Waals surface area contributed by atoms with Crippen molar-refractivity contribution < 1.29 is 29.4 Å². The van der Waals surface area contributed by atoms with Gasteiger partial charge in [-0.15, -0.1) is 0 Å². The highest BCUT2D eigenvalue weighted by Crippen LogP contribution is 2.00. The number of hydrogen-bond donors (Lipinski definition) is 3. The summed E-state index contributed by atoms with van der Waals surface area (Å²) in [7, 11) is 0. The summed E-state index contributed by atoms with van der Waals surface area (Å²) >= 11 is 0. The Balaban J connectivity index is 2.86. The molecule has 27 heavy (non-hydrogen) atoms. The van der Waals surface area contributed by atoms with Gasteiger partial charge in [-0.1, -0.05) is 0 Å². The third-order valence-electron chi connectivity index (χ3n) is 4.36. The molecule has 1 aliphatic heterocycles. The summed E-state index contributed by atoms with van der Waals surface area (Å²) in [4.78, 5) is 51.6. The second kappa shape index (κ2) is 12.3. The van der Waals surface area contributed by atoms with Crippen LogP contribution in [0.25, 0.3) is 0 Å². The first-order chi connectivity index (χ1) is 12.8. The molecule has 0 aromatic carbocycles. The number of aliphatic carboxylic acids is 2. The predicted octanol–water partition coefficient (Wildman–Crippen LogP) is -2.94. The minimum absolute atomic E-state index is 0.0565. The molecule has 0 aromatic rings. The Kier molecular flexibility index (Phi) is 10.5. The highest BCUT2D eigenvalue weighted by molar-refractivity contribution is 5.75. The molecule has 154 valence electrons. The Morgan fingerprint density at radius 1 is 0.704 bits per heavy atom. The van der Waals surface area contributed by atoms with Crippen LogP contribution in [0.15, 0.2) is 0 Å². The minimum atomic E-state index is -0.967. The fraction of sp³-hybridized carbons (Fsp3) is 0.750. The molecule has 0 unspecified atom stereocenters. The number of carbonyl (C=O) groups is 4. The molecule has 0 aromatic heterocycles. The van der Waals surface area contributed by atoms with Crippen molar-refractivity contribution in [2.45, 2.75) is 0 Å². The lowest BCUT2D eigenvalue weighted by Gasteiger charge is -2.32. The lowest BCUT2D eigenvalue weighted by atomic mass is 10.3. The van der Waals surface area contributed by atoms with Crippen LogP contribution in [0, 0.1) is 0 Å². The van der Waals surface area contributed by atoms with E-state index >= 15 is 0 Å². The zero-order chi connectivity index (χ0) is 20.2. The van der Waals surface area contributed by atoms with Gasteiger partial charge in [-0.2, -0.15) is 0 Å². The number of nitrogens with two attached hydrogens (primary N) is 1. The first-order valence-electron chi connectivity index (χ1n) is 8.85. The maximum atomic E-state index is 11.3. The first kappa shape index (κ1) is 23.0. The number of hydrogen-bond acceptors (Lipinski definition) is 8. The van der Waals surface area contributed by atoms with Crippen LogP contribution in [0.4, 0.5) is 0 Å². The van der Waals surface area contributed by atoms with Gasteiger partial charge in [-0.25, -0.2) is 0 Å². The van der Waals surface area contributed by atoms with Crippen molar-refractivity contribution in [2.75, 3.05) is 78.5 Å². The van der Waals surface area contributed by atoms with Gasteiger partial charge in [0.2, 0.25) is 5.91 Å². The number of aldehydes is 1. The van der Waals surface area contributed by atoms with E-state index in [0.717, 1.165) is 6.29 Å². The molecule has 0 atom stereocenters. The molecular weight excluding hydrogens is 358 g/mol. The largest absolute Gasteiger partial charge is 0.480 e. The van der Waals surface area contributed by atoms with Gasteiger partial charge in [0.1, 0.15) is 6.29 Å². The molecular formula is C16H29N5O6. The van der Waals surface area contributed by atoms with Crippen molar-refractivity contribution >= 4 is 24.1 Å². The van der Waals surface area contributed by atoms with E-state index in [2.05, 4.69) is 0 Å². The molecule has 0 radical (unpaired) electrons. The molecule has 0 saturated carbocycles. The molecule has 1 aliphatic rings. The van der Waals surface area contributed by atoms with Gasteiger partial charge >= 0.3 is 11.9 Å². The Hall–Kier alpha value is -2.08. The van der Waals surface area contributed by atoms with Crippen LogP contribution in [0.2, 0.25) is 0 Å². The molecule has 11 nitrogen and oxygen atoms in total. The van der Waals surface area contributed by atoms with Gasteiger partial charge in [0.25, 0.3) is 0 Å². The molecule has 11 heteroatoms. The summed E-state index contributed by atoms with van der Waals surface area (Å²) in [6, 6.07) is 0. The second-order valence-corrected chi connectivity index (χ2v) is 6.55. The summed E-state index contributed by atoms with van der Waals surface area (Å²) in [6.45, 7) is 3.55. The Morgan fingerprint density at radius 3 is 1.33 bits per heavy atom. The summed E-state index contributed by atoms with van der Waals surface area (Å²) in [6.07, 6.45) is 0.792. The summed E-state index contributed by atoms with van der Waals surface area (Å²) < 4.78 is 0. The number of carbonyl (C=O) groups excluding carboxylic acids is 2. The number of nitrogens with zero attached hydrogens (tertiary/aromatic N) is 4. The van der Waals surface area contributed by atoms with Crippen molar-refractivity contribution in [3.8, 4) is 0 Å². The van der Waals surface area contributed by atoms with E-state index in [1.54, 1.807) is 9.80 Å². The van der Waals surface area contributed by atoms with E-state index in [-0.39, 0.29) is 26.2 Å². The molecule has 0 aliphatic carbocycles. The zero-order valence-electron chi connectivity index (χ0n) is 15.5. The quantitative estimate of drug-likeness (QED) is 0.369. The number of amides is 1. The lowest BCUT2D eigenvalue weighted by Crippen LogP contribution is -2.49. The number of rotatable bonds is 8.